The quantitative estimate of drug-likeness (QED) is 0.580. The van der Waals surface area contributed by atoms with Crippen LogP contribution in [-0.4, -0.2) is 42.0 Å². The maximum Gasteiger partial charge on any atom is 0.320 e. The first kappa shape index (κ1) is 9.81. The molecule has 0 aromatic rings. The third kappa shape index (κ3) is 2.02. The van der Waals surface area contributed by atoms with Gasteiger partial charge in [0, 0.05) is 26.2 Å². The van der Waals surface area contributed by atoms with Crippen LogP contribution in [0.4, 0.5) is 4.79 Å². The minimum atomic E-state index is 0.286. The lowest BCUT2D eigenvalue weighted by atomic mass is 10.1. The van der Waals surface area contributed by atoms with Gasteiger partial charge < -0.3 is 9.80 Å². The highest BCUT2D eigenvalue weighted by molar-refractivity contribution is 5.74. The van der Waals surface area contributed by atoms with Crippen LogP contribution in [0.5, 0.6) is 0 Å². The summed E-state index contributed by atoms with van der Waals surface area (Å²) in [7, 11) is 0. The minimum Gasteiger partial charge on any atom is -0.325 e. The zero-order valence-corrected chi connectivity index (χ0v) is 9.04. The molecule has 2 rings (SSSR count). The van der Waals surface area contributed by atoms with E-state index in [0.717, 1.165) is 26.2 Å². The molecule has 0 bridgehead atoms. The van der Waals surface area contributed by atoms with Gasteiger partial charge in [0.15, 0.2) is 0 Å². The fourth-order valence-electron chi connectivity index (χ4n) is 2.39. The number of amides is 2. The molecule has 0 saturated carbocycles. The molecule has 3 nitrogen and oxygen atoms in total. The van der Waals surface area contributed by atoms with Crippen molar-refractivity contribution >= 4 is 6.03 Å². The number of carbonyl (C=O) groups excluding carboxylic acids is 1. The molecule has 1 unspecified atom stereocenters. The highest BCUT2D eigenvalue weighted by atomic mass is 16.2. The molecule has 0 aromatic heterocycles. The summed E-state index contributed by atoms with van der Waals surface area (Å²) < 4.78 is 0. The number of piperidine rings is 1. The Morgan fingerprint density at radius 2 is 1.79 bits per heavy atom. The average molecular weight is 196 g/mol. The summed E-state index contributed by atoms with van der Waals surface area (Å²) in [4.78, 5) is 16.1. The van der Waals surface area contributed by atoms with E-state index in [1.807, 2.05) is 9.80 Å². The second-order valence-electron chi connectivity index (χ2n) is 4.67. The van der Waals surface area contributed by atoms with E-state index in [1.165, 1.54) is 25.7 Å². The van der Waals surface area contributed by atoms with Crippen molar-refractivity contribution in [3.63, 3.8) is 0 Å². The van der Waals surface area contributed by atoms with E-state index in [1.54, 1.807) is 0 Å². The number of urea groups is 1. The normalized spacial score (nSPS) is 28.2. The second-order valence-corrected chi connectivity index (χ2v) is 4.67. The van der Waals surface area contributed by atoms with Gasteiger partial charge in [0.05, 0.1) is 0 Å². The fraction of sp³-hybridized carbons (Fsp3) is 0.909. The lowest BCUT2D eigenvalue weighted by molar-refractivity contribution is 0.151. The number of hydrogen-bond acceptors (Lipinski definition) is 1. The van der Waals surface area contributed by atoms with Crippen LogP contribution in [0.1, 0.15) is 32.6 Å². The van der Waals surface area contributed by atoms with E-state index in [4.69, 9.17) is 0 Å². The van der Waals surface area contributed by atoms with Crippen LogP contribution in [0.15, 0.2) is 0 Å². The Labute approximate surface area is 86.1 Å². The summed E-state index contributed by atoms with van der Waals surface area (Å²) in [5.74, 6) is 0.698. The second kappa shape index (κ2) is 4.20. The van der Waals surface area contributed by atoms with Crippen molar-refractivity contribution in [2.45, 2.75) is 32.6 Å². The molecular weight excluding hydrogens is 176 g/mol. The molecule has 14 heavy (non-hydrogen) atoms. The molecule has 0 N–H and O–H groups in total. The Balaban J connectivity index is 1.87. The van der Waals surface area contributed by atoms with Crippen LogP contribution >= 0.6 is 0 Å². The Morgan fingerprint density at radius 1 is 1.07 bits per heavy atom. The van der Waals surface area contributed by atoms with Gasteiger partial charge in [-0.25, -0.2) is 4.79 Å². The summed E-state index contributed by atoms with van der Waals surface area (Å²) in [5.41, 5.74) is 0. The molecule has 80 valence electrons. The maximum absolute atomic E-state index is 12.0. The van der Waals surface area contributed by atoms with Crippen LogP contribution in [-0.2, 0) is 0 Å². The first-order chi connectivity index (χ1) is 6.77. The molecule has 2 saturated heterocycles. The van der Waals surface area contributed by atoms with Crippen molar-refractivity contribution in [3.05, 3.63) is 0 Å². The van der Waals surface area contributed by atoms with Crippen LogP contribution in [0, 0.1) is 5.92 Å². The zero-order chi connectivity index (χ0) is 9.97. The topological polar surface area (TPSA) is 23.6 Å². The van der Waals surface area contributed by atoms with E-state index in [0.29, 0.717) is 5.92 Å². The summed E-state index contributed by atoms with van der Waals surface area (Å²) in [5, 5.41) is 0. The molecule has 1 atom stereocenters. The summed E-state index contributed by atoms with van der Waals surface area (Å²) in [6, 6.07) is 0.286. The smallest absolute Gasteiger partial charge is 0.320 e. The standard InChI is InChI=1S/C11H20N2O/c1-10-5-8-13(9-10)11(14)12-6-3-2-4-7-12/h10H,2-9H2,1H3. The van der Waals surface area contributed by atoms with Gasteiger partial charge in [-0.3, -0.25) is 0 Å². The molecule has 3 heteroatoms. The van der Waals surface area contributed by atoms with Gasteiger partial charge in [0.2, 0.25) is 0 Å². The van der Waals surface area contributed by atoms with Crippen molar-refractivity contribution in [2.75, 3.05) is 26.2 Å². The minimum absolute atomic E-state index is 0.286. The lowest BCUT2D eigenvalue weighted by Gasteiger charge is -2.30. The molecule has 2 heterocycles. The predicted molar refractivity (Wildman–Crippen MR) is 56.2 cm³/mol. The summed E-state index contributed by atoms with van der Waals surface area (Å²) >= 11 is 0. The maximum atomic E-state index is 12.0. The van der Waals surface area contributed by atoms with Crippen molar-refractivity contribution in [3.8, 4) is 0 Å². The molecule has 0 aromatic carbocycles. The molecule has 0 aliphatic carbocycles. The molecular formula is C11H20N2O. The third-order valence-corrected chi connectivity index (χ3v) is 3.32. The Hall–Kier alpha value is -0.730. The van der Waals surface area contributed by atoms with Crippen LogP contribution in [0.3, 0.4) is 0 Å². The Kier molecular flexibility index (Phi) is 2.94. The Bertz CT molecular complexity index is 205. The van der Waals surface area contributed by atoms with Crippen molar-refractivity contribution < 1.29 is 4.79 Å². The zero-order valence-electron chi connectivity index (χ0n) is 9.04. The largest absolute Gasteiger partial charge is 0.325 e. The predicted octanol–water partition coefficient (Wildman–Crippen LogP) is 1.93. The highest BCUT2D eigenvalue weighted by Gasteiger charge is 2.27. The van der Waals surface area contributed by atoms with Crippen LogP contribution < -0.4 is 0 Å². The fourth-order valence-corrected chi connectivity index (χ4v) is 2.39. The molecule has 2 aliphatic rings. The number of likely N-dealkylation sites (tertiary alicyclic amines) is 2. The molecule has 2 aliphatic heterocycles. The number of hydrogen-bond donors (Lipinski definition) is 0. The van der Waals surface area contributed by atoms with Crippen LogP contribution in [0.2, 0.25) is 0 Å². The Morgan fingerprint density at radius 3 is 2.36 bits per heavy atom. The van der Waals surface area contributed by atoms with E-state index < -0.39 is 0 Å². The molecule has 2 amide bonds. The molecule has 0 radical (unpaired) electrons. The molecule has 0 spiro atoms. The van der Waals surface area contributed by atoms with Gasteiger partial charge in [-0.1, -0.05) is 6.92 Å². The molecule has 2 fully saturated rings. The first-order valence-corrected chi connectivity index (χ1v) is 5.81. The SMILES string of the molecule is CC1CCN(C(=O)N2CCCCC2)C1. The van der Waals surface area contributed by atoms with Gasteiger partial charge in [0.1, 0.15) is 0 Å². The van der Waals surface area contributed by atoms with E-state index >= 15 is 0 Å². The summed E-state index contributed by atoms with van der Waals surface area (Å²) in [6.07, 6.45) is 4.85. The van der Waals surface area contributed by atoms with Gasteiger partial charge in [-0.2, -0.15) is 0 Å². The van der Waals surface area contributed by atoms with Crippen molar-refractivity contribution in [1.82, 2.24) is 9.80 Å². The highest BCUT2D eigenvalue weighted by Crippen LogP contribution is 2.18. The number of rotatable bonds is 0. The van der Waals surface area contributed by atoms with Gasteiger partial charge >= 0.3 is 6.03 Å². The third-order valence-electron chi connectivity index (χ3n) is 3.32. The summed E-state index contributed by atoms with van der Waals surface area (Å²) in [6.45, 7) is 6.11. The first-order valence-electron chi connectivity index (χ1n) is 5.81. The number of nitrogens with zero attached hydrogens (tertiary/aromatic N) is 2. The lowest BCUT2D eigenvalue weighted by Crippen LogP contribution is -2.44. The van der Waals surface area contributed by atoms with Gasteiger partial charge in [-0.05, 0) is 31.6 Å². The van der Waals surface area contributed by atoms with E-state index in [9.17, 15) is 4.79 Å². The van der Waals surface area contributed by atoms with Gasteiger partial charge in [0.25, 0.3) is 0 Å². The van der Waals surface area contributed by atoms with E-state index in [2.05, 4.69) is 6.92 Å². The van der Waals surface area contributed by atoms with Crippen molar-refractivity contribution in [1.29, 1.82) is 0 Å². The monoisotopic (exact) mass is 196 g/mol. The van der Waals surface area contributed by atoms with Gasteiger partial charge in [-0.15, -0.1) is 0 Å². The average Bonchev–Trinajstić information content (AvgIpc) is 2.65. The number of carbonyl (C=O) groups is 1. The van der Waals surface area contributed by atoms with Crippen LogP contribution in [0.25, 0.3) is 0 Å². The van der Waals surface area contributed by atoms with E-state index in [-0.39, 0.29) is 6.03 Å². The van der Waals surface area contributed by atoms with Crippen molar-refractivity contribution in [2.24, 2.45) is 5.92 Å².